The molecule has 3 atom stereocenters. The number of hydrogen-bond acceptors (Lipinski definition) is 3. The number of nitrogens with one attached hydrogen (secondary N) is 2. The Hall–Kier alpha value is -1.07. The summed E-state index contributed by atoms with van der Waals surface area (Å²) in [5, 5.41) is 6.46. The summed E-state index contributed by atoms with van der Waals surface area (Å²) in [5.74, 6) is 0.626. The average Bonchev–Trinajstić information content (AvgIpc) is 2.44. The van der Waals surface area contributed by atoms with Crippen molar-refractivity contribution in [1.29, 1.82) is 0 Å². The van der Waals surface area contributed by atoms with Crippen LogP contribution in [-0.2, 0) is 4.79 Å². The molecule has 1 saturated heterocycles. The first-order valence-corrected chi connectivity index (χ1v) is 8.23. The van der Waals surface area contributed by atoms with E-state index in [2.05, 4.69) is 33.5 Å². The normalized spacial score (nSPS) is 23.4. The highest BCUT2D eigenvalue weighted by molar-refractivity contribution is 9.10. The number of rotatable bonds is 4. The third kappa shape index (κ3) is 4.45. The molecule has 2 N–H and O–H groups in total. The van der Waals surface area contributed by atoms with E-state index in [1.54, 1.807) is 6.92 Å². The second-order valence-electron chi connectivity index (χ2n) is 5.69. The summed E-state index contributed by atoms with van der Waals surface area (Å²) in [6.07, 6.45) is 1.59. The van der Waals surface area contributed by atoms with Gasteiger partial charge in [0.2, 0.25) is 0 Å². The van der Waals surface area contributed by atoms with Crippen LogP contribution in [0, 0.1) is 6.92 Å². The lowest BCUT2D eigenvalue weighted by Crippen LogP contribution is -2.54. The van der Waals surface area contributed by atoms with Gasteiger partial charge in [-0.1, -0.05) is 6.07 Å². The second-order valence-corrected chi connectivity index (χ2v) is 6.55. The van der Waals surface area contributed by atoms with E-state index < -0.39 is 6.10 Å². The van der Waals surface area contributed by atoms with Crippen LogP contribution >= 0.6 is 15.9 Å². The van der Waals surface area contributed by atoms with Crippen molar-refractivity contribution in [2.45, 2.75) is 51.8 Å². The minimum Gasteiger partial charge on any atom is -0.480 e. The number of ether oxygens (including phenoxy) is 1. The van der Waals surface area contributed by atoms with E-state index in [1.165, 1.54) is 0 Å². The third-order valence-electron chi connectivity index (χ3n) is 3.85. The molecule has 4 nitrogen and oxygen atoms in total. The summed E-state index contributed by atoms with van der Waals surface area (Å²) in [6, 6.07) is 6.32. The van der Waals surface area contributed by atoms with Crippen LogP contribution in [0.2, 0.25) is 0 Å². The van der Waals surface area contributed by atoms with E-state index in [9.17, 15) is 4.79 Å². The van der Waals surface area contributed by atoms with Gasteiger partial charge in [0.1, 0.15) is 5.75 Å². The Balaban J connectivity index is 1.92. The predicted octanol–water partition coefficient (Wildman–Crippen LogP) is 2.78. The Labute approximate surface area is 134 Å². The zero-order valence-electron chi connectivity index (χ0n) is 12.8. The minimum absolute atomic E-state index is 0.0666. The molecule has 0 radical (unpaired) electrons. The molecule has 1 aromatic rings. The van der Waals surface area contributed by atoms with E-state index >= 15 is 0 Å². The molecule has 1 aliphatic heterocycles. The number of benzene rings is 1. The van der Waals surface area contributed by atoms with Crippen LogP contribution in [0.1, 0.15) is 32.3 Å². The number of carbonyl (C=O) groups excluding carboxylic acids is 1. The van der Waals surface area contributed by atoms with Crippen LogP contribution in [0.25, 0.3) is 0 Å². The summed E-state index contributed by atoms with van der Waals surface area (Å²) >= 11 is 3.47. The summed E-state index contributed by atoms with van der Waals surface area (Å²) < 4.78 is 6.63. The number of piperidine rings is 1. The molecule has 0 aliphatic carbocycles. The van der Waals surface area contributed by atoms with Crippen molar-refractivity contribution in [3.05, 3.63) is 28.2 Å². The lowest BCUT2D eigenvalue weighted by Gasteiger charge is -2.31. The van der Waals surface area contributed by atoms with Crippen LogP contribution in [0.3, 0.4) is 0 Å². The van der Waals surface area contributed by atoms with Crippen LogP contribution in [0.5, 0.6) is 5.75 Å². The molecule has 1 heterocycles. The van der Waals surface area contributed by atoms with Crippen LogP contribution in [0.4, 0.5) is 0 Å². The molecule has 0 aromatic heterocycles. The van der Waals surface area contributed by atoms with Gasteiger partial charge in [0, 0.05) is 12.1 Å². The van der Waals surface area contributed by atoms with Gasteiger partial charge in [-0.05, 0) is 73.8 Å². The highest BCUT2D eigenvalue weighted by Gasteiger charge is 2.25. The molecular weight excluding hydrogens is 332 g/mol. The Morgan fingerprint density at radius 1 is 1.52 bits per heavy atom. The molecule has 0 bridgehead atoms. The van der Waals surface area contributed by atoms with Gasteiger partial charge in [0.05, 0.1) is 4.47 Å². The number of carbonyl (C=O) groups is 1. The van der Waals surface area contributed by atoms with Crippen molar-refractivity contribution in [2.75, 3.05) is 6.54 Å². The first-order chi connectivity index (χ1) is 9.97. The van der Waals surface area contributed by atoms with Crippen molar-refractivity contribution in [1.82, 2.24) is 10.6 Å². The van der Waals surface area contributed by atoms with E-state index in [1.807, 2.05) is 25.1 Å². The van der Waals surface area contributed by atoms with Gasteiger partial charge in [-0.2, -0.15) is 0 Å². The average molecular weight is 355 g/mol. The molecule has 5 heteroatoms. The molecule has 116 valence electrons. The zero-order chi connectivity index (χ0) is 15.4. The van der Waals surface area contributed by atoms with Crippen molar-refractivity contribution in [3.8, 4) is 5.75 Å². The molecule has 0 saturated carbocycles. The minimum atomic E-state index is -0.516. The Morgan fingerprint density at radius 3 is 2.95 bits per heavy atom. The van der Waals surface area contributed by atoms with Crippen LogP contribution in [0.15, 0.2) is 22.7 Å². The fourth-order valence-electron chi connectivity index (χ4n) is 2.49. The van der Waals surface area contributed by atoms with E-state index in [0.717, 1.165) is 29.4 Å². The second kappa shape index (κ2) is 7.27. The largest absolute Gasteiger partial charge is 0.480 e. The number of amides is 1. The summed E-state index contributed by atoms with van der Waals surface area (Å²) in [7, 11) is 0. The maximum absolute atomic E-state index is 12.3. The van der Waals surface area contributed by atoms with Crippen LogP contribution < -0.4 is 15.4 Å². The molecule has 1 aliphatic rings. The van der Waals surface area contributed by atoms with Gasteiger partial charge in [-0.25, -0.2) is 0 Å². The molecule has 21 heavy (non-hydrogen) atoms. The van der Waals surface area contributed by atoms with Crippen molar-refractivity contribution in [3.63, 3.8) is 0 Å². The lowest BCUT2D eigenvalue weighted by molar-refractivity contribution is -0.128. The smallest absolute Gasteiger partial charge is 0.261 e. The van der Waals surface area contributed by atoms with Gasteiger partial charge >= 0.3 is 0 Å². The van der Waals surface area contributed by atoms with Crippen molar-refractivity contribution >= 4 is 21.8 Å². The van der Waals surface area contributed by atoms with E-state index in [0.29, 0.717) is 11.8 Å². The van der Waals surface area contributed by atoms with E-state index in [4.69, 9.17) is 4.74 Å². The molecule has 1 amide bonds. The lowest BCUT2D eigenvalue weighted by atomic mass is 10.00. The molecule has 0 spiro atoms. The number of aryl methyl sites for hydroxylation is 1. The van der Waals surface area contributed by atoms with Crippen molar-refractivity contribution in [2.24, 2.45) is 0 Å². The first-order valence-electron chi connectivity index (χ1n) is 7.44. The van der Waals surface area contributed by atoms with E-state index in [-0.39, 0.29) is 11.9 Å². The van der Waals surface area contributed by atoms with Gasteiger partial charge in [-0.15, -0.1) is 0 Å². The summed E-state index contributed by atoms with van der Waals surface area (Å²) in [6.45, 7) is 6.92. The van der Waals surface area contributed by atoms with Gasteiger partial charge < -0.3 is 15.4 Å². The quantitative estimate of drug-likeness (QED) is 0.873. The zero-order valence-corrected chi connectivity index (χ0v) is 14.4. The molecular formula is C16H23BrN2O2. The summed E-state index contributed by atoms with van der Waals surface area (Å²) in [5.41, 5.74) is 1.15. The molecule has 2 rings (SSSR count). The Kier molecular flexibility index (Phi) is 5.65. The fourth-order valence-corrected chi connectivity index (χ4v) is 3.07. The number of halogens is 1. The highest BCUT2D eigenvalue weighted by Crippen LogP contribution is 2.26. The standard InChI is InChI=1S/C16H23BrN2O2/c1-10-6-7-15(13(17)9-10)21-12(3)16(20)19-14-5-4-8-18-11(14)2/h6-7,9,11-12,14,18H,4-5,8H2,1-3H3,(H,19,20). The SMILES string of the molecule is Cc1ccc(OC(C)C(=O)NC2CCCNC2C)c(Br)c1. The maximum Gasteiger partial charge on any atom is 0.261 e. The first kappa shape index (κ1) is 16.3. The topological polar surface area (TPSA) is 50.4 Å². The highest BCUT2D eigenvalue weighted by atomic mass is 79.9. The molecule has 1 aromatic carbocycles. The summed E-state index contributed by atoms with van der Waals surface area (Å²) in [4.78, 5) is 12.3. The third-order valence-corrected chi connectivity index (χ3v) is 4.47. The Bertz CT molecular complexity index is 507. The number of hydrogen-bond donors (Lipinski definition) is 2. The van der Waals surface area contributed by atoms with Gasteiger partial charge in [0.15, 0.2) is 6.10 Å². The fraction of sp³-hybridized carbons (Fsp3) is 0.562. The van der Waals surface area contributed by atoms with Crippen LogP contribution in [-0.4, -0.2) is 30.6 Å². The molecule has 1 fully saturated rings. The maximum atomic E-state index is 12.3. The monoisotopic (exact) mass is 354 g/mol. The van der Waals surface area contributed by atoms with Gasteiger partial charge in [-0.3, -0.25) is 4.79 Å². The predicted molar refractivity (Wildman–Crippen MR) is 87.6 cm³/mol. The molecule has 3 unspecified atom stereocenters. The van der Waals surface area contributed by atoms with Gasteiger partial charge in [0.25, 0.3) is 5.91 Å². The Morgan fingerprint density at radius 2 is 2.29 bits per heavy atom. The van der Waals surface area contributed by atoms with Crippen molar-refractivity contribution < 1.29 is 9.53 Å².